The van der Waals surface area contributed by atoms with Gasteiger partial charge in [0.05, 0.1) is 0 Å². The van der Waals surface area contributed by atoms with Crippen molar-refractivity contribution in [2.45, 2.75) is 12.4 Å². The molecule has 0 aliphatic carbocycles. The quantitative estimate of drug-likeness (QED) is 0.349. The second kappa shape index (κ2) is 5.19. The van der Waals surface area contributed by atoms with E-state index in [4.69, 9.17) is 9.35 Å². The van der Waals surface area contributed by atoms with Crippen LogP contribution >= 0.6 is 7.72 Å². The maximum atomic E-state index is 12.8. The summed E-state index contributed by atoms with van der Waals surface area (Å²) in [5.41, 5.74) is -1.82. The normalized spacial score (nSPS) is 18.5. The number of benzene rings is 2. The predicted octanol–water partition coefficient (Wildman–Crippen LogP) is 4.22. The summed E-state index contributed by atoms with van der Waals surface area (Å²) in [5.74, 6) is 0. The Labute approximate surface area is 127 Å². The summed E-state index contributed by atoms with van der Waals surface area (Å²) in [6.07, 6.45) is -9.12. The molecule has 1 aliphatic heterocycles. The molecule has 2 aromatic carbocycles. The van der Waals surface area contributed by atoms with Crippen LogP contribution in [0, 0.1) is 0 Å². The molecule has 0 radical (unpaired) electrons. The summed E-state index contributed by atoms with van der Waals surface area (Å²) in [6.45, 7) is 0. The topological polar surface area (TPSA) is 25.1 Å². The van der Waals surface area contributed by atoms with E-state index < -0.39 is 31.2 Å². The molecule has 0 bridgehead atoms. The van der Waals surface area contributed by atoms with E-state index in [0.29, 0.717) is 0 Å². The van der Waals surface area contributed by atoms with Gasteiger partial charge >= 0.3 is 126 Å². The number of halogens is 6. The molecular formula is C14H9F6O2P. The summed E-state index contributed by atoms with van der Waals surface area (Å²) < 4.78 is 86.5. The van der Waals surface area contributed by atoms with Gasteiger partial charge in [0, 0.05) is 0 Å². The monoisotopic (exact) mass is 354 g/mol. The van der Waals surface area contributed by atoms with E-state index in [-0.39, 0.29) is 10.6 Å². The number of hydrogen-bond donors (Lipinski definition) is 0. The molecule has 0 amide bonds. The van der Waals surface area contributed by atoms with Gasteiger partial charge in [-0.25, -0.2) is 0 Å². The minimum atomic E-state index is -4.56. The maximum absolute atomic E-state index is 12.8. The van der Waals surface area contributed by atoms with Crippen molar-refractivity contribution in [3.05, 3.63) is 59.7 Å². The Bertz CT molecular complexity index is 677. The summed E-state index contributed by atoms with van der Waals surface area (Å²) in [7, 11) is -3.43. The predicted molar refractivity (Wildman–Crippen MR) is 72.6 cm³/mol. The fourth-order valence-corrected chi connectivity index (χ4v) is 4.58. The van der Waals surface area contributed by atoms with Gasteiger partial charge in [-0.1, -0.05) is 0 Å². The van der Waals surface area contributed by atoms with E-state index in [2.05, 4.69) is 0 Å². The molecular weight excluding hydrogens is 345 g/mol. The van der Waals surface area contributed by atoms with E-state index in [9.17, 15) is 26.3 Å². The molecule has 0 atom stereocenters. The van der Waals surface area contributed by atoms with Crippen molar-refractivity contribution in [3.63, 3.8) is 0 Å². The molecule has 23 heavy (non-hydrogen) atoms. The van der Waals surface area contributed by atoms with Crippen molar-refractivity contribution < 1.29 is 35.7 Å². The van der Waals surface area contributed by atoms with Crippen LogP contribution in [0.15, 0.2) is 48.5 Å². The second-order valence-electron chi connectivity index (χ2n) is 4.94. The summed E-state index contributed by atoms with van der Waals surface area (Å²) in [5, 5.41) is 0.207. The van der Waals surface area contributed by atoms with Gasteiger partial charge in [0.2, 0.25) is 0 Å². The van der Waals surface area contributed by atoms with Crippen LogP contribution in [-0.2, 0) is 21.7 Å². The van der Waals surface area contributed by atoms with Crippen LogP contribution in [0.2, 0.25) is 0 Å². The summed E-state index contributed by atoms with van der Waals surface area (Å²) in [6, 6.07) is 8.50. The van der Waals surface area contributed by atoms with Crippen LogP contribution in [-0.4, -0.2) is 0 Å². The minimum absolute atomic E-state index is 0.103. The van der Waals surface area contributed by atoms with Crippen LogP contribution in [0.3, 0.4) is 0 Å². The van der Waals surface area contributed by atoms with Gasteiger partial charge in [-0.2, -0.15) is 0 Å². The van der Waals surface area contributed by atoms with E-state index in [1.165, 1.54) is 24.3 Å². The van der Waals surface area contributed by atoms with Crippen LogP contribution < -0.4 is 10.6 Å². The molecule has 9 heteroatoms. The average molecular weight is 354 g/mol. The SMILES string of the molecule is FC(F)(F)c1cccc([PH]2(c3cccc(C(F)(F)F)c3)OO2)c1. The van der Waals surface area contributed by atoms with Crippen molar-refractivity contribution in [2.24, 2.45) is 0 Å². The first kappa shape index (κ1) is 16.2. The average Bonchev–Trinajstić information content (AvgIpc) is 3.27. The van der Waals surface area contributed by atoms with Crippen molar-refractivity contribution in [1.82, 2.24) is 0 Å². The fraction of sp³-hybridized carbons (Fsp3) is 0.143. The second-order valence-corrected chi connectivity index (χ2v) is 7.66. The van der Waals surface area contributed by atoms with Crippen molar-refractivity contribution in [2.75, 3.05) is 0 Å². The van der Waals surface area contributed by atoms with Gasteiger partial charge in [-0.15, -0.1) is 0 Å². The Hall–Kier alpha value is -1.63. The Kier molecular flexibility index (Phi) is 3.66. The summed E-state index contributed by atoms with van der Waals surface area (Å²) in [4.78, 5) is 0. The van der Waals surface area contributed by atoms with Gasteiger partial charge in [-0.05, 0) is 0 Å². The zero-order valence-corrected chi connectivity index (χ0v) is 12.2. The molecule has 0 N–H and O–H groups in total. The van der Waals surface area contributed by atoms with Crippen molar-refractivity contribution in [3.8, 4) is 0 Å². The fourth-order valence-electron chi connectivity index (χ4n) is 2.20. The Morgan fingerprint density at radius 3 is 1.35 bits per heavy atom. The third kappa shape index (κ3) is 3.06. The van der Waals surface area contributed by atoms with Crippen LogP contribution in [0.4, 0.5) is 26.3 Å². The molecule has 1 fully saturated rings. The van der Waals surface area contributed by atoms with Crippen LogP contribution in [0.25, 0.3) is 0 Å². The molecule has 2 nitrogen and oxygen atoms in total. The number of alkyl halides is 6. The molecule has 1 aliphatic rings. The first-order valence-electron chi connectivity index (χ1n) is 6.35. The van der Waals surface area contributed by atoms with Gasteiger partial charge < -0.3 is 0 Å². The van der Waals surface area contributed by atoms with E-state index in [0.717, 1.165) is 24.3 Å². The molecule has 0 aromatic heterocycles. The van der Waals surface area contributed by atoms with Gasteiger partial charge in [0.1, 0.15) is 0 Å². The van der Waals surface area contributed by atoms with E-state index >= 15 is 0 Å². The van der Waals surface area contributed by atoms with Crippen LogP contribution in [0.1, 0.15) is 11.1 Å². The van der Waals surface area contributed by atoms with Crippen molar-refractivity contribution >= 4 is 18.3 Å². The van der Waals surface area contributed by atoms with Gasteiger partial charge in [-0.3, -0.25) is 0 Å². The summed E-state index contributed by atoms with van der Waals surface area (Å²) >= 11 is 0. The molecule has 1 heterocycles. The number of hydrogen-bond acceptors (Lipinski definition) is 2. The van der Waals surface area contributed by atoms with Crippen LogP contribution in [0.5, 0.6) is 0 Å². The molecule has 0 unspecified atom stereocenters. The Morgan fingerprint density at radius 2 is 1.04 bits per heavy atom. The zero-order chi connectivity index (χ0) is 16.9. The molecule has 0 spiro atoms. The molecule has 2 aromatic rings. The van der Waals surface area contributed by atoms with E-state index in [1.54, 1.807) is 0 Å². The Morgan fingerprint density at radius 1 is 0.652 bits per heavy atom. The van der Waals surface area contributed by atoms with Crippen molar-refractivity contribution in [1.29, 1.82) is 0 Å². The standard InChI is InChI=1S/C14H9F6O2P/c15-13(16,17)9-3-1-5-11(7-9)23(21-22-23)12-6-2-4-10(8-12)14(18,19)20/h1-8,23H. The van der Waals surface area contributed by atoms with Gasteiger partial charge in [0.15, 0.2) is 0 Å². The Balaban J connectivity index is 2.04. The third-order valence-electron chi connectivity index (χ3n) is 3.39. The first-order valence-corrected chi connectivity index (χ1v) is 8.17. The van der Waals surface area contributed by atoms with E-state index in [1.807, 2.05) is 0 Å². The molecule has 1 saturated heterocycles. The molecule has 0 saturated carbocycles. The third-order valence-corrected chi connectivity index (χ3v) is 6.03. The van der Waals surface area contributed by atoms with Gasteiger partial charge in [0.25, 0.3) is 0 Å². The number of rotatable bonds is 2. The molecule has 3 rings (SSSR count). The first-order chi connectivity index (χ1) is 10.6. The zero-order valence-electron chi connectivity index (χ0n) is 11.2. The molecule has 124 valence electrons.